The molecule has 94 valence electrons. The first-order valence-corrected chi connectivity index (χ1v) is 7.62. The molecule has 19 heavy (non-hydrogen) atoms. The van der Waals surface area contributed by atoms with Crippen LogP contribution in [0.4, 0.5) is 0 Å². The van der Waals surface area contributed by atoms with E-state index in [1.54, 1.807) is 17.4 Å². The molecule has 0 aliphatic carbocycles. The van der Waals surface area contributed by atoms with Crippen LogP contribution in [-0.4, -0.2) is 9.97 Å². The number of hydrogen-bond acceptors (Lipinski definition) is 3. The molecule has 0 bridgehead atoms. The van der Waals surface area contributed by atoms with E-state index in [0.29, 0.717) is 11.0 Å². The summed E-state index contributed by atoms with van der Waals surface area (Å²) in [5, 5.41) is 2.45. The van der Waals surface area contributed by atoms with E-state index in [2.05, 4.69) is 25.9 Å². The lowest BCUT2D eigenvalue weighted by atomic mass is 10.1. The zero-order valence-corrected chi connectivity index (χ0v) is 12.8. The van der Waals surface area contributed by atoms with Gasteiger partial charge in [-0.25, -0.2) is 9.97 Å². The highest BCUT2D eigenvalue weighted by molar-refractivity contribution is 9.10. The van der Waals surface area contributed by atoms with E-state index in [1.807, 2.05) is 41.8 Å². The molecular formula is C14H8BrClN2S. The number of nitrogens with zero attached hydrogens (tertiary/aromatic N) is 2. The van der Waals surface area contributed by atoms with Gasteiger partial charge in [0.2, 0.25) is 0 Å². The molecule has 1 aromatic carbocycles. The van der Waals surface area contributed by atoms with Crippen molar-refractivity contribution < 1.29 is 0 Å². The van der Waals surface area contributed by atoms with Crippen LogP contribution in [0.2, 0.25) is 5.15 Å². The first-order valence-electron chi connectivity index (χ1n) is 5.57. The second kappa shape index (κ2) is 5.41. The summed E-state index contributed by atoms with van der Waals surface area (Å²) in [6.07, 6.45) is 0. The minimum atomic E-state index is 0.452. The van der Waals surface area contributed by atoms with Crippen LogP contribution in [0.5, 0.6) is 0 Å². The van der Waals surface area contributed by atoms with Gasteiger partial charge in [0.25, 0.3) is 0 Å². The van der Waals surface area contributed by atoms with Gasteiger partial charge < -0.3 is 0 Å². The molecule has 0 amide bonds. The van der Waals surface area contributed by atoms with Crippen molar-refractivity contribution in [3.8, 4) is 22.0 Å². The van der Waals surface area contributed by atoms with Crippen LogP contribution < -0.4 is 0 Å². The SMILES string of the molecule is Clc1cc(-c2ccccc2)nc(-c2cc(Br)cs2)n1. The van der Waals surface area contributed by atoms with E-state index >= 15 is 0 Å². The Hall–Kier alpha value is -1.23. The molecule has 2 heterocycles. The molecule has 3 aromatic rings. The largest absolute Gasteiger partial charge is 0.227 e. The average Bonchev–Trinajstić information content (AvgIpc) is 2.86. The third-order valence-corrected chi connectivity index (χ3v) is 4.43. The van der Waals surface area contributed by atoms with E-state index in [1.165, 1.54) is 0 Å². The molecule has 0 spiro atoms. The number of halogens is 2. The van der Waals surface area contributed by atoms with E-state index < -0.39 is 0 Å². The second-order valence-electron chi connectivity index (χ2n) is 3.89. The van der Waals surface area contributed by atoms with Crippen LogP contribution in [0.25, 0.3) is 22.0 Å². The Bertz CT molecular complexity index is 712. The van der Waals surface area contributed by atoms with Gasteiger partial charge in [0.15, 0.2) is 5.82 Å². The summed E-state index contributed by atoms with van der Waals surface area (Å²) < 4.78 is 1.03. The Labute approximate surface area is 128 Å². The molecule has 0 unspecified atom stereocenters. The number of rotatable bonds is 2. The van der Waals surface area contributed by atoms with Gasteiger partial charge >= 0.3 is 0 Å². The molecule has 0 atom stereocenters. The maximum atomic E-state index is 6.10. The summed E-state index contributed by atoms with van der Waals surface area (Å²) in [5.41, 5.74) is 1.86. The molecule has 3 rings (SSSR count). The number of thiophene rings is 1. The number of aromatic nitrogens is 2. The van der Waals surface area contributed by atoms with Gasteiger partial charge in [-0.1, -0.05) is 41.9 Å². The maximum absolute atomic E-state index is 6.10. The van der Waals surface area contributed by atoms with Gasteiger partial charge in [0.05, 0.1) is 10.6 Å². The fourth-order valence-corrected chi connectivity index (χ4v) is 3.26. The van der Waals surface area contributed by atoms with E-state index in [4.69, 9.17) is 11.6 Å². The minimum absolute atomic E-state index is 0.452. The Morgan fingerprint density at radius 1 is 1.05 bits per heavy atom. The fourth-order valence-electron chi connectivity index (χ4n) is 1.71. The summed E-state index contributed by atoms with van der Waals surface area (Å²) in [6, 6.07) is 13.7. The molecule has 0 radical (unpaired) electrons. The van der Waals surface area contributed by atoms with Gasteiger partial charge in [0, 0.05) is 21.5 Å². The Balaban J connectivity index is 2.11. The summed E-state index contributed by atoms with van der Waals surface area (Å²) >= 11 is 11.1. The van der Waals surface area contributed by atoms with Crippen LogP contribution in [0.15, 0.2) is 52.3 Å². The molecule has 2 nitrogen and oxygen atoms in total. The van der Waals surface area contributed by atoms with Crippen molar-refractivity contribution in [2.75, 3.05) is 0 Å². The van der Waals surface area contributed by atoms with Crippen molar-refractivity contribution in [3.05, 3.63) is 57.5 Å². The highest BCUT2D eigenvalue weighted by Gasteiger charge is 2.09. The third-order valence-electron chi connectivity index (χ3n) is 2.55. The lowest BCUT2D eigenvalue weighted by Gasteiger charge is -2.03. The first-order chi connectivity index (χ1) is 9.22. The predicted octanol–water partition coefficient (Wildman–Crippen LogP) is 5.29. The summed E-state index contributed by atoms with van der Waals surface area (Å²) in [5.74, 6) is 0.655. The quantitative estimate of drug-likeness (QED) is 0.586. The second-order valence-corrected chi connectivity index (χ2v) is 6.11. The maximum Gasteiger partial charge on any atom is 0.171 e. The van der Waals surface area contributed by atoms with Gasteiger partial charge in [0.1, 0.15) is 5.15 Å². The van der Waals surface area contributed by atoms with Crippen LogP contribution in [0.1, 0.15) is 0 Å². The number of benzene rings is 1. The predicted molar refractivity (Wildman–Crippen MR) is 83.5 cm³/mol. The highest BCUT2D eigenvalue weighted by atomic mass is 79.9. The van der Waals surface area contributed by atoms with Crippen molar-refractivity contribution in [1.82, 2.24) is 9.97 Å². The Morgan fingerprint density at radius 2 is 1.84 bits per heavy atom. The monoisotopic (exact) mass is 350 g/mol. The molecule has 0 saturated heterocycles. The zero-order chi connectivity index (χ0) is 13.2. The lowest BCUT2D eigenvalue weighted by molar-refractivity contribution is 1.19. The third kappa shape index (κ3) is 2.86. The normalized spacial score (nSPS) is 10.6. The zero-order valence-electron chi connectivity index (χ0n) is 9.68. The molecular weight excluding hydrogens is 344 g/mol. The summed E-state index contributed by atoms with van der Waals surface area (Å²) in [7, 11) is 0. The van der Waals surface area contributed by atoms with Gasteiger partial charge in [-0.05, 0) is 22.0 Å². The Morgan fingerprint density at radius 3 is 2.53 bits per heavy atom. The van der Waals surface area contributed by atoms with Crippen LogP contribution in [-0.2, 0) is 0 Å². The molecule has 5 heteroatoms. The Kier molecular flexibility index (Phi) is 3.64. The van der Waals surface area contributed by atoms with Gasteiger partial charge in [-0.15, -0.1) is 11.3 Å². The van der Waals surface area contributed by atoms with E-state index in [0.717, 1.165) is 20.6 Å². The molecule has 2 aromatic heterocycles. The van der Waals surface area contributed by atoms with Gasteiger partial charge in [-0.2, -0.15) is 0 Å². The van der Waals surface area contributed by atoms with Crippen molar-refractivity contribution in [2.45, 2.75) is 0 Å². The average molecular weight is 352 g/mol. The fraction of sp³-hybridized carbons (Fsp3) is 0. The van der Waals surface area contributed by atoms with E-state index in [9.17, 15) is 0 Å². The van der Waals surface area contributed by atoms with Crippen LogP contribution in [0, 0.1) is 0 Å². The van der Waals surface area contributed by atoms with E-state index in [-0.39, 0.29) is 0 Å². The van der Waals surface area contributed by atoms with Crippen molar-refractivity contribution in [1.29, 1.82) is 0 Å². The minimum Gasteiger partial charge on any atom is -0.227 e. The molecule has 0 saturated carbocycles. The highest BCUT2D eigenvalue weighted by Crippen LogP contribution is 2.30. The molecule has 0 aliphatic rings. The van der Waals surface area contributed by atoms with Crippen LogP contribution in [0.3, 0.4) is 0 Å². The smallest absolute Gasteiger partial charge is 0.171 e. The van der Waals surface area contributed by atoms with Crippen molar-refractivity contribution in [2.24, 2.45) is 0 Å². The summed E-state index contributed by atoms with van der Waals surface area (Å²) in [6.45, 7) is 0. The molecule has 0 fully saturated rings. The van der Waals surface area contributed by atoms with Crippen molar-refractivity contribution in [3.63, 3.8) is 0 Å². The molecule has 0 N–H and O–H groups in total. The van der Waals surface area contributed by atoms with Crippen molar-refractivity contribution >= 4 is 38.9 Å². The molecule has 0 aliphatic heterocycles. The van der Waals surface area contributed by atoms with Crippen LogP contribution >= 0.6 is 38.9 Å². The topological polar surface area (TPSA) is 25.8 Å². The lowest BCUT2D eigenvalue weighted by Crippen LogP contribution is -1.91. The first kappa shape index (κ1) is 12.8. The number of hydrogen-bond donors (Lipinski definition) is 0. The van der Waals surface area contributed by atoms with Gasteiger partial charge in [-0.3, -0.25) is 0 Å². The standard InChI is InChI=1S/C14H8BrClN2S/c15-10-6-12(19-8-10)14-17-11(7-13(16)18-14)9-4-2-1-3-5-9/h1-8H. The summed E-state index contributed by atoms with van der Waals surface area (Å²) in [4.78, 5) is 9.86.